The second kappa shape index (κ2) is 8.51. The van der Waals surface area contributed by atoms with Gasteiger partial charge >= 0.3 is 0 Å². The minimum Gasteiger partial charge on any atom is -0.502 e. The van der Waals surface area contributed by atoms with Crippen LogP contribution in [0.15, 0.2) is 24.8 Å². The van der Waals surface area contributed by atoms with Crippen molar-refractivity contribution in [1.29, 1.82) is 0 Å². The Kier molecular flexibility index (Phi) is 7.01. The molecular weight excluding hydrogens is 276 g/mol. The molecule has 3 N–H and O–H groups in total. The molecule has 0 heterocycles. The third kappa shape index (κ3) is 4.63. The van der Waals surface area contributed by atoms with E-state index in [2.05, 4.69) is 6.58 Å². The Labute approximate surface area is 124 Å². The van der Waals surface area contributed by atoms with Crippen molar-refractivity contribution in [3.63, 3.8) is 0 Å². The molecule has 0 amide bonds. The molecule has 0 aliphatic heterocycles. The van der Waals surface area contributed by atoms with Crippen molar-refractivity contribution in [2.75, 3.05) is 27.4 Å². The van der Waals surface area contributed by atoms with Crippen LogP contribution in [0.25, 0.3) is 0 Å². The monoisotopic (exact) mass is 298 g/mol. The van der Waals surface area contributed by atoms with Gasteiger partial charge in [0.2, 0.25) is 5.75 Å². The van der Waals surface area contributed by atoms with Crippen LogP contribution in [0.1, 0.15) is 5.56 Å². The molecule has 0 aliphatic carbocycles. The standard InChI is InChI=1S/C15H22O6/c1-4-5-21-14(9-16)11(17)6-10-7-12(19-2)15(18)13(8-10)20-3/h4,7-8,11,14,16-18H,1,5-6,9H2,2-3H3. The van der Waals surface area contributed by atoms with E-state index in [0.717, 1.165) is 0 Å². The van der Waals surface area contributed by atoms with Gasteiger partial charge < -0.3 is 29.5 Å². The van der Waals surface area contributed by atoms with Crippen molar-refractivity contribution in [2.24, 2.45) is 0 Å². The Hall–Kier alpha value is -1.76. The number of benzene rings is 1. The van der Waals surface area contributed by atoms with Crippen molar-refractivity contribution in [2.45, 2.75) is 18.6 Å². The first-order chi connectivity index (χ1) is 10.1. The quantitative estimate of drug-likeness (QED) is 0.586. The normalized spacial score (nSPS) is 13.5. The molecule has 0 saturated heterocycles. The van der Waals surface area contributed by atoms with E-state index >= 15 is 0 Å². The van der Waals surface area contributed by atoms with E-state index in [0.29, 0.717) is 5.56 Å². The maximum Gasteiger partial charge on any atom is 0.200 e. The number of hydrogen-bond acceptors (Lipinski definition) is 6. The van der Waals surface area contributed by atoms with Gasteiger partial charge in [-0.3, -0.25) is 0 Å². The summed E-state index contributed by atoms with van der Waals surface area (Å²) in [6.07, 6.45) is 0.139. The van der Waals surface area contributed by atoms with Crippen LogP contribution in [-0.2, 0) is 11.2 Å². The molecule has 1 rings (SSSR count). The highest BCUT2D eigenvalue weighted by molar-refractivity contribution is 5.52. The molecule has 6 heteroatoms. The molecule has 118 valence electrons. The second-order valence-electron chi connectivity index (χ2n) is 4.46. The summed E-state index contributed by atoms with van der Waals surface area (Å²) in [7, 11) is 2.86. The van der Waals surface area contributed by atoms with Crippen LogP contribution in [0.5, 0.6) is 17.2 Å². The molecule has 0 spiro atoms. The highest BCUT2D eigenvalue weighted by Crippen LogP contribution is 2.37. The SMILES string of the molecule is C=CCOC(CO)C(O)Cc1cc(OC)c(O)c(OC)c1. The number of phenols is 1. The first-order valence-corrected chi connectivity index (χ1v) is 6.52. The van der Waals surface area contributed by atoms with Crippen LogP contribution in [0, 0.1) is 0 Å². The van der Waals surface area contributed by atoms with Crippen molar-refractivity contribution in [1.82, 2.24) is 0 Å². The largest absolute Gasteiger partial charge is 0.502 e. The van der Waals surface area contributed by atoms with Gasteiger partial charge in [0.05, 0.1) is 33.5 Å². The number of methoxy groups -OCH3 is 2. The Balaban J connectivity index is 2.88. The zero-order valence-corrected chi connectivity index (χ0v) is 12.3. The summed E-state index contributed by atoms with van der Waals surface area (Å²) in [6.45, 7) is 3.45. The fraction of sp³-hybridized carbons (Fsp3) is 0.467. The van der Waals surface area contributed by atoms with Gasteiger partial charge in [-0.25, -0.2) is 0 Å². The lowest BCUT2D eigenvalue weighted by molar-refractivity contribution is -0.0531. The lowest BCUT2D eigenvalue weighted by atomic mass is 10.0. The molecule has 0 bridgehead atoms. The summed E-state index contributed by atoms with van der Waals surface area (Å²) in [5.41, 5.74) is 0.689. The summed E-state index contributed by atoms with van der Waals surface area (Å²) in [6, 6.07) is 3.20. The van der Waals surface area contributed by atoms with E-state index in [1.54, 1.807) is 18.2 Å². The third-order valence-corrected chi connectivity index (χ3v) is 3.02. The van der Waals surface area contributed by atoms with Crippen LogP contribution >= 0.6 is 0 Å². The molecule has 0 aromatic heterocycles. The number of hydrogen-bond donors (Lipinski definition) is 3. The highest BCUT2D eigenvalue weighted by Gasteiger charge is 2.21. The predicted octanol–water partition coefficient (Wildman–Crippen LogP) is 0.876. The van der Waals surface area contributed by atoms with Crippen LogP contribution in [0.2, 0.25) is 0 Å². The van der Waals surface area contributed by atoms with Gasteiger partial charge in [0, 0.05) is 6.42 Å². The maximum atomic E-state index is 10.1. The fourth-order valence-electron chi connectivity index (χ4n) is 1.92. The molecule has 1 aromatic carbocycles. The van der Waals surface area contributed by atoms with Gasteiger partial charge in [-0.15, -0.1) is 6.58 Å². The van der Waals surface area contributed by atoms with Crippen LogP contribution in [0.4, 0.5) is 0 Å². The van der Waals surface area contributed by atoms with Gasteiger partial charge in [0.15, 0.2) is 11.5 Å². The summed E-state index contributed by atoms with van der Waals surface area (Å²) >= 11 is 0. The van der Waals surface area contributed by atoms with Gasteiger partial charge in [-0.1, -0.05) is 6.08 Å². The van der Waals surface area contributed by atoms with Crippen LogP contribution in [0.3, 0.4) is 0 Å². The molecule has 2 atom stereocenters. The zero-order chi connectivity index (χ0) is 15.8. The molecular formula is C15H22O6. The average molecular weight is 298 g/mol. The van der Waals surface area contributed by atoms with Crippen LogP contribution < -0.4 is 9.47 Å². The molecule has 0 saturated carbocycles. The highest BCUT2D eigenvalue weighted by atomic mass is 16.5. The smallest absolute Gasteiger partial charge is 0.200 e. The Bertz CT molecular complexity index is 434. The average Bonchev–Trinajstić information content (AvgIpc) is 2.49. The van der Waals surface area contributed by atoms with Crippen molar-refractivity contribution < 1.29 is 29.5 Å². The zero-order valence-electron chi connectivity index (χ0n) is 12.3. The van der Waals surface area contributed by atoms with Crippen LogP contribution in [-0.4, -0.2) is 55.0 Å². The molecule has 0 radical (unpaired) electrons. The topological polar surface area (TPSA) is 88.4 Å². The van der Waals surface area contributed by atoms with Gasteiger partial charge in [-0.2, -0.15) is 0 Å². The number of rotatable bonds is 9. The number of aromatic hydroxyl groups is 1. The molecule has 0 aliphatic rings. The molecule has 21 heavy (non-hydrogen) atoms. The number of aliphatic hydroxyl groups excluding tert-OH is 2. The number of aliphatic hydroxyl groups is 2. The molecule has 2 unspecified atom stereocenters. The lowest BCUT2D eigenvalue weighted by Crippen LogP contribution is -2.34. The summed E-state index contributed by atoms with van der Waals surface area (Å²) in [5, 5.41) is 29.2. The second-order valence-corrected chi connectivity index (χ2v) is 4.46. The number of ether oxygens (including phenoxy) is 3. The molecule has 6 nitrogen and oxygen atoms in total. The maximum absolute atomic E-state index is 10.1. The van der Waals surface area contributed by atoms with Crippen molar-refractivity contribution >= 4 is 0 Å². The summed E-state index contributed by atoms with van der Waals surface area (Å²) in [4.78, 5) is 0. The molecule has 0 fully saturated rings. The minimum atomic E-state index is -0.908. The van der Waals surface area contributed by atoms with E-state index in [1.165, 1.54) is 14.2 Å². The number of phenolic OH excluding ortho intramolecular Hbond substituents is 1. The van der Waals surface area contributed by atoms with E-state index in [4.69, 9.17) is 14.2 Å². The predicted molar refractivity (Wildman–Crippen MR) is 77.9 cm³/mol. The molecule has 1 aromatic rings. The van der Waals surface area contributed by atoms with E-state index in [1.807, 2.05) is 0 Å². The Morgan fingerprint density at radius 1 is 1.24 bits per heavy atom. The van der Waals surface area contributed by atoms with E-state index in [9.17, 15) is 15.3 Å². The third-order valence-electron chi connectivity index (χ3n) is 3.02. The van der Waals surface area contributed by atoms with E-state index in [-0.39, 0.29) is 36.9 Å². The minimum absolute atomic E-state index is 0.0974. The lowest BCUT2D eigenvalue weighted by Gasteiger charge is -2.21. The van der Waals surface area contributed by atoms with Gasteiger partial charge in [-0.05, 0) is 17.7 Å². The first kappa shape index (κ1) is 17.3. The van der Waals surface area contributed by atoms with Crippen molar-refractivity contribution in [3.05, 3.63) is 30.4 Å². The fourth-order valence-corrected chi connectivity index (χ4v) is 1.92. The summed E-state index contributed by atoms with van der Waals surface area (Å²) in [5.74, 6) is 0.410. The summed E-state index contributed by atoms with van der Waals surface area (Å²) < 4.78 is 15.4. The van der Waals surface area contributed by atoms with Crippen molar-refractivity contribution in [3.8, 4) is 17.2 Å². The van der Waals surface area contributed by atoms with Gasteiger partial charge in [0.1, 0.15) is 6.10 Å². The van der Waals surface area contributed by atoms with Gasteiger partial charge in [0.25, 0.3) is 0 Å². The van der Waals surface area contributed by atoms with E-state index < -0.39 is 12.2 Å². The Morgan fingerprint density at radius 3 is 2.24 bits per heavy atom. The Morgan fingerprint density at radius 2 is 1.81 bits per heavy atom. The first-order valence-electron chi connectivity index (χ1n) is 6.52.